The highest BCUT2D eigenvalue weighted by molar-refractivity contribution is 8.69. The minimum Gasteiger partial charge on any atom is -0.241 e. The van der Waals surface area contributed by atoms with E-state index in [2.05, 4.69) is 4.40 Å². The van der Waals surface area contributed by atoms with Gasteiger partial charge < -0.3 is 0 Å². The average molecular weight is 133 g/mol. The van der Waals surface area contributed by atoms with Crippen molar-refractivity contribution in [2.75, 3.05) is 0 Å². The van der Waals surface area contributed by atoms with Crippen LogP contribution in [0.4, 0.5) is 0 Å². The molecule has 0 saturated heterocycles. The van der Waals surface area contributed by atoms with E-state index < -0.39 is 9.83 Å². The molecule has 0 aromatic carbocycles. The van der Waals surface area contributed by atoms with Crippen LogP contribution in [0.2, 0.25) is 0 Å². The Hall–Kier alpha value is -0.0900. The number of rotatable bonds is 0. The fourth-order valence-corrected chi connectivity index (χ4v) is 1.42. The van der Waals surface area contributed by atoms with E-state index in [0.717, 1.165) is 11.0 Å². The maximum absolute atomic E-state index is 10.3. The van der Waals surface area contributed by atoms with Gasteiger partial charge in [0.1, 0.15) is 9.83 Å². The van der Waals surface area contributed by atoms with Crippen molar-refractivity contribution in [1.29, 1.82) is 0 Å². The van der Waals surface area contributed by atoms with E-state index in [4.69, 9.17) is 0 Å². The first kappa shape index (κ1) is 5.05. The molecule has 0 radical (unpaired) electrons. The van der Waals surface area contributed by atoms with Gasteiger partial charge in [-0.1, -0.05) is 0 Å². The normalized spacial score (nSPS) is 28.3. The molecule has 38 valence electrons. The van der Waals surface area contributed by atoms with Crippen molar-refractivity contribution < 1.29 is 4.21 Å². The Morgan fingerprint density at radius 3 is 2.86 bits per heavy atom. The molecule has 4 heteroatoms. The lowest BCUT2D eigenvalue weighted by atomic mass is 10.7. The number of allylic oxidation sites excluding steroid dienone is 1. The summed E-state index contributed by atoms with van der Waals surface area (Å²) in [6.45, 7) is 0. The third-order valence-electron chi connectivity index (χ3n) is 0.453. The van der Waals surface area contributed by atoms with E-state index in [9.17, 15) is 4.21 Å². The van der Waals surface area contributed by atoms with Crippen molar-refractivity contribution >= 4 is 27.0 Å². The molecule has 0 fully saturated rings. The van der Waals surface area contributed by atoms with Gasteiger partial charge in [-0.05, 0) is 6.08 Å². The van der Waals surface area contributed by atoms with Crippen molar-refractivity contribution in [2.45, 2.75) is 0 Å². The molecule has 1 aliphatic rings. The third-order valence-corrected chi connectivity index (χ3v) is 2.22. The van der Waals surface area contributed by atoms with Crippen LogP contribution in [0.5, 0.6) is 0 Å². The number of nitrogens with zero attached hydrogens (tertiary/aromatic N) is 1. The molecule has 0 spiro atoms. The molecule has 1 unspecified atom stereocenters. The molecule has 0 saturated carbocycles. The van der Waals surface area contributed by atoms with Crippen LogP contribution in [0.15, 0.2) is 15.9 Å². The molecule has 7 heavy (non-hydrogen) atoms. The van der Waals surface area contributed by atoms with Crippen molar-refractivity contribution in [3.63, 3.8) is 0 Å². The van der Waals surface area contributed by atoms with Crippen LogP contribution in [-0.2, 0) is 9.83 Å². The monoisotopic (exact) mass is 133 g/mol. The van der Waals surface area contributed by atoms with Crippen LogP contribution < -0.4 is 0 Å². The zero-order valence-corrected chi connectivity index (χ0v) is 5.04. The van der Waals surface area contributed by atoms with E-state index in [1.165, 1.54) is 0 Å². The molecule has 0 bridgehead atoms. The third kappa shape index (κ3) is 1.44. The second kappa shape index (κ2) is 2.28. The predicted octanol–water partition coefficient (Wildman–Crippen LogP) is 0.896. The summed E-state index contributed by atoms with van der Waals surface area (Å²) in [5.74, 6) is 0. The average Bonchev–Trinajstić information content (AvgIpc) is 1.69. The highest BCUT2D eigenvalue weighted by atomic mass is 33.1. The molecular weight excluding hydrogens is 130 g/mol. The van der Waals surface area contributed by atoms with Gasteiger partial charge in [0.2, 0.25) is 0 Å². The summed E-state index contributed by atoms with van der Waals surface area (Å²) in [6.07, 6.45) is 3.29. The molecule has 0 amide bonds. The highest BCUT2D eigenvalue weighted by Gasteiger charge is 1.92. The molecular formula is C3H3NOS2. The molecule has 2 nitrogen and oxygen atoms in total. The Kier molecular flexibility index (Phi) is 1.64. The van der Waals surface area contributed by atoms with Crippen molar-refractivity contribution in [3.8, 4) is 0 Å². The second-order valence-corrected chi connectivity index (χ2v) is 3.50. The van der Waals surface area contributed by atoms with Crippen LogP contribution >= 0.6 is 11.0 Å². The number of hydrogen-bond acceptors (Lipinski definition) is 3. The maximum Gasteiger partial charge on any atom is 0.128 e. The first-order chi connectivity index (χ1) is 3.39. The summed E-state index contributed by atoms with van der Waals surface area (Å²) in [7, 11) is 0.171. The lowest BCUT2D eigenvalue weighted by molar-refractivity contribution is 0.696. The first-order valence-electron chi connectivity index (χ1n) is 1.68. The van der Waals surface area contributed by atoms with Gasteiger partial charge in [-0.15, -0.1) is 0 Å². The Morgan fingerprint density at radius 2 is 2.57 bits per heavy atom. The smallest absolute Gasteiger partial charge is 0.128 e. The Balaban J connectivity index is 2.66. The lowest BCUT2D eigenvalue weighted by Crippen LogP contribution is -1.77. The molecule has 1 aliphatic heterocycles. The van der Waals surface area contributed by atoms with Gasteiger partial charge in [0.05, 0.1) is 11.0 Å². The van der Waals surface area contributed by atoms with E-state index in [1.54, 1.807) is 17.7 Å². The van der Waals surface area contributed by atoms with Crippen molar-refractivity contribution in [2.24, 2.45) is 4.40 Å². The zero-order valence-electron chi connectivity index (χ0n) is 3.40. The van der Waals surface area contributed by atoms with Crippen LogP contribution in [0.1, 0.15) is 0 Å². The summed E-state index contributed by atoms with van der Waals surface area (Å²) < 4.78 is 14.0. The predicted molar refractivity (Wildman–Crippen MR) is 33.4 cm³/mol. The second-order valence-electron chi connectivity index (χ2n) is 0.918. The van der Waals surface area contributed by atoms with Crippen molar-refractivity contribution in [1.82, 2.24) is 0 Å². The quantitative estimate of drug-likeness (QED) is 0.363. The van der Waals surface area contributed by atoms with Gasteiger partial charge in [0, 0.05) is 11.6 Å². The Labute approximate surface area is 47.7 Å². The highest BCUT2D eigenvalue weighted by Crippen LogP contribution is 2.11. The summed E-state index contributed by atoms with van der Waals surface area (Å²) in [5, 5.41) is 1.59. The van der Waals surface area contributed by atoms with Crippen LogP contribution in [0.25, 0.3) is 0 Å². The fraction of sp³-hybridized carbons (Fsp3) is 0. The van der Waals surface area contributed by atoms with Gasteiger partial charge in [0.15, 0.2) is 0 Å². The van der Waals surface area contributed by atoms with Gasteiger partial charge in [-0.25, -0.2) is 8.61 Å². The first-order valence-corrected chi connectivity index (χ1v) is 4.18. The minimum absolute atomic E-state index is 0.902. The molecule has 1 heterocycles. The number of hydrogen-bond donors (Lipinski definition) is 0. The van der Waals surface area contributed by atoms with E-state index in [1.807, 2.05) is 0 Å². The molecule has 1 rings (SSSR count). The SMILES string of the molecule is O=S1C=CC=NS1. The lowest BCUT2D eigenvalue weighted by Gasteiger charge is -1.88. The van der Waals surface area contributed by atoms with Crippen molar-refractivity contribution in [3.05, 3.63) is 11.5 Å². The molecule has 0 aliphatic carbocycles. The van der Waals surface area contributed by atoms with Gasteiger partial charge in [-0.2, -0.15) is 0 Å². The summed E-state index contributed by atoms with van der Waals surface area (Å²) in [5.41, 5.74) is 0. The summed E-state index contributed by atoms with van der Waals surface area (Å²) in [4.78, 5) is 0. The summed E-state index contributed by atoms with van der Waals surface area (Å²) in [6, 6.07) is 0. The molecule has 0 N–H and O–H groups in total. The van der Waals surface area contributed by atoms with Gasteiger partial charge in [0.25, 0.3) is 0 Å². The largest absolute Gasteiger partial charge is 0.241 e. The topological polar surface area (TPSA) is 29.4 Å². The molecule has 1 atom stereocenters. The zero-order chi connectivity index (χ0) is 5.11. The van der Waals surface area contributed by atoms with E-state index in [-0.39, 0.29) is 0 Å². The van der Waals surface area contributed by atoms with E-state index in [0.29, 0.717) is 0 Å². The maximum atomic E-state index is 10.3. The van der Waals surface area contributed by atoms with Crippen LogP contribution in [-0.4, -0.2) is 10.4 Å². The summed E-state index contributed by atoms with van der Waals surface area (Å²) >= 11 is 0. The molecule has 0 aromatic rings. The Morgan fingerprint density at radius 1 is 1.71 bits per heavy atom. The van der Waals surface area contributed by atoms with Gasteiger partial charge >= 0.3 is 0 Å². The molecule has 0 aromatic heterocycles. The van der Waals surface area contributed by atoms with Crippen LogP contribution in [0, 0.1) is 0 Å². The minimum atomic E-state index is -0.902. The fourth-order valence-electron chi connectivity index (χ4n) is 0.227. The van der Waals surface area contributed by atoms with E-state index >= 15 is 0 Å². The van der Waals surface area contributed by atoms with Gasteiger partial charge in [-0.3, -0.25) is 0 Å². The Bertz CT molecular complexity index is 140. The van der Waals surface area contributed by atoms with Crippen LogP contribution in [0.3, 0.4) is 0 Å². The standard InChI is InChI=1S/C3H3NOS2/c5-7-3-1-2-4-6-7/h1-3H.